The second-order valence-electron chi connectivity index (χ2n) is 8.18. The minimum Gasteiger partial charge on any atom is -0.355 e. The molecule has 2 aliphatic heterocycles. The summed E-state index contributed by atoms with van der Waals surface area (Å²) in [6.07, 6.45) is -2.58. The molecular formula is C25H20F6N4. The average Bonchev–Trinajstić information content (AvgIpc) is 3.54. The van der Waals surface area contributed by atoms with E-state index in [0.717, 1.165) is 5.57 Å². The summed E-state index contributed by atoms with van der Waals surface area (Å²) in [5.41, 5.74) is -0.483. The lowest BCUT2D eigenvalue weighted by molar-refractivity contribution is -0.0699. The van der Waals surface area contributed by atoms with Crippen LogP contribution < -0.4 is 10.7 Å². The molecule has 4 nitrogen and oxygen atoms in total. The van der Waals surface area contributed by atoms with Crippen molar-refractivity contribution in [2.24, 2.45) is 9.98 Å². The van der Waals surface area contributed by atoms with Crippen LogP contribution in [0, 0.1) is 0 Å². The third-order valence-electron chi connectivity index (χ3n) is 5.50. The van der Waals surface area contributed by atoms with E-state index in [1.165, 1.54) is 54.8 Å². The molecule has 0 spiro atoms. The third kappa shape index (κ3) is 4.87. The summed E-state index contributed by atoms with van der Waals surface area (Å²) < 4.78 is 82.9. The van der Waals surface area contributed by atoms with E-state index < -0.39 is 23.5 Å². The number of H-pyrrole nitrogens is 2. The van der Waals surface area contributed by atoms with Crippen molar-refractivity contribution in [1.29, 1.82) is 0 Å². The minimum atomic E-state index is -4.68. The molecule has 0 fully saturated rings. The van der Waals surface area contributed by atoms with Gasteiger partial charge in [0, 0.05) is 17.3 Å². The van der Waals surface area contributed by atoms with Crippen LogP contribution in [0.1, 0.15) is 32.2 Å². The molecule has 0 bridgehead atoms. The van der Waals surface area contributed by atoms with Gasteiger partial charge >= 0.3 is 12.4 Å². The predicted octanol–water partition coefficient (Wildman–Crippen LogP) is 5.49. The van der Waals surface area contributed by atoms with Crippen LogP contribution in [-0.4, -0.2) is 34.2 Å². The fourth-order valence-electron chi connectivity index (χ4n) is 3.76. The zero-order valence-electron chi connectivity index (χ0n) is 18.9. The van der Waals surface area contributed by atoms with Gasteiger partial charge < -0.3 is 9.97 Å². The van der Waals surface area contributed by atoms with E-state index in [2.05, 4.69) is 20.0 Å². The highest BCUT2D eigenvalue weighted by Crippen LogP contribution is 2.38. The minimum absolute atomic E-state index is 0.194. The van der Waals surface area contributed by atoms with Crippen molar-refractivity contribution < 1.29 is 26.3 Å². The van der Waals surface area contributed by atoms with E-state index >= 15 is 0 Å². The second-order valence-corrected chi connectivity index (χ2v) is 8.18. The third-order valence-corrected chi connectivity index (χ3v) is 5.50. The molecule has 2 aromatic heterocycles. The molecule has 10 heteroatoms. The molecule has 0 amide bonds. The SMILES string of the molecule is CC(C)=C1C=CC(/C(=c2/cc/c(=C(/C)c3ccc(/C(=C4\C=CC=N4)C(F)(F)F)[nH]3)[nH]2)C(F)(F)F)=N1. The molecule has 0 unspecified atom stereocenters. The summed E-state index contributed by atoms with van der Waals surface area (Å²) in [4.78, 5) is 13.3. The first kappa shape index (κ1) is 24.3. The van der Waals surface area contributed by atoms with Gasteiger partial charge in [-0.2, -0.15) is 26.3 Å². The number of nitrogens with zero attached hydrogens (tertiary/aromatic N) is 2. The predicted molar refractivity (Wildman–Crippen MR) is 124 cm³/mol. The maximum Gasteiger partial charge on any atom is 0.420 e. The molecule has 0 saturated carbocycles. The Morgan fingerprint density at radius 3 is 1.94 bits per heavy atom. The molecule has 2 aromatic rings. The Kier molecular flexibility index (Phi) is 6.08. The molecule has 35 heavy (non-hydrogen) atoms. The van der Waals surface area contributed by atoms with Crippen LogP contribution >= 0.6 is 0 Å². The number of allylic oxidation sites excluding steroid dienone is 6. The van der Waals surface area contributed by atoms with Crippen LogP contribution in [0.25, 0.3) is 16.7 Å². The molecule has 4 heterocycles. The van der Waals surface area contributed by atoms with Crippen molar-refractivity contribution in [2.75, 3.05) is 0 Å². The first-order valence-corrected chi connectivity index (χ1v) is 10.5. The molecule has 0 atom stereocenters. The topological polar surface area (TPSA) is 56.3 Å². The van der Waals surface area contributed by atoms with E-state index in [4.69, 9.17) is 0 Å². The Morgan fingerprint density at radius 1 is 0.714 bits per heavy atom. The zero-order chi connectivity index (χ0) is 25.5. The van der Waals surface area contributed by atoms with Gasteiger partial charge in [-0.15, -0.1) is 0 Å². The number of hydrogen-bond acceptors (Lipinski definition) is 2. The van der Waals surface area contributed by atoms with Crippen LogP contribution in [0.15, 0.2) is 75.5 Å². The van der Waals surface area contributed by atoms with E-state index in [0.29, 0.717) is 22.3 Å². The van der Waals surface area contributed by atoms with Crippen LogP contribution in [0.4, 0.5) is 26.3 Å². The largest absolute Gasteiger partial charge is 0.420 e. The molecule has 0 aliphatic carbocycles. The Labute approximate surface area is 196 Å². The standard InChI is InChI=1S/C25H20F6N4/c1-13(2)15-6-9-20(33-15)23(25(29,30)31)21-11-8-17(35-21)14(3)16-7-10-19(34-16)22(24(26,27)28)18-5-4-12-32-18/h4-12,34-35H,1-3H3/b17-14+,22-18-,23-21+. The lowest BCUT2D eigenvalue weighted by Crippen LogP contribution is -2.27. The normalized spacial score (nSPS) is 18.9. The highest BCUT2D eigenvalue weighted by molar-refractivity contribution is 6.27. The fraction of sp³-hybridized carbons (Fsp3) is 0.200. The average molecular weight is 490 g/mol. The Bertz CT molecular complexity index is 1460. The first-order valence-electron chi connectivity index (χ1n) is 10.5. The maximum absolute atomic E-state index is 13.9. The van der Waals surface area contributed by atoms with Crippen molar-refractivity contribution in [3.05, 3.63) is 87.6 Å². The Hall–Kier alpha value is -3.82. The number of nitrogens with one attached hydrogen (secondary N) is 2. The Balaban J connectivity index is 1.83. The quantitative estimate of drug-likeness (QED) is 0.535. The van der Waals surface area contributed by atoms with Crippen LogP contribution in [0.2, 0.25) is 0 Å². The molecule has 0 radical (unpaired) electrons. The van der Waals surface area contributed by atoms with Crippen molar-refractivity contribution in [2.45, 2.75) is 33.1 Å². The van der Waals surface area contributed by atoms with E-state index in [1.54, 1.807) is 20.8 Å². The van der Waals surface area contributed by atoms with Crippen LogP contribution in [0.3, 0.4) is 0 Å². The second kappa shape index (κ2) is 8.75. The highest BCUT2D eigenvalue weighted by atomic mass is 19.4. The molecule has 2 N–H and O–H groups in total. The van der Waals surface area contributed by atoms with Gasteiger partial charge in [-0.1, -0.05) is 5.57 Å². The fourth-order valence-corrected chi connectivity index (χ4v) is 3.76. The molecule has 4 rings (SSSR count). The summed E-state index contributed by atoms with van der Waals surface area (Å²) in [6, 6.07) is 5.44. The number of aliphatic imine (C=N–C) groups is 2. The zero-order valence-corrected chi connectivity index (χ0v) is 18.9. The van der Waals surface area contributed by atoms with E-state index in [9.17, 15) is 26.3 Å². The molecule has 182 valence electrons. The molecule has 0 saturated heterocycles. The molecule has 2 aliphatic rings. The summed E-state index contributed by atoms with van der Waals surface area (Å²) in [5, 5.41) is 0.126. The number of hydrogen-bond donors (Lipinski definition) is 2. The van der Waals surface area contributed by atoms with Gasteiger partial charge in [0.1, 0.15) is 11.1 Å². The summed E-state index contributed by atoms with van der Waals surface area (Å²) in [5.74, 6) is 0. The number of aromatic nitrogens is 2. The summed E-state index contributed by atoms with van der Waals surface area (Å²) in [6.45, 7) is 5.11. The van der Waals surface area contributed by atoms with Gasteiger partial charge in [0.25, 0.3) is 0 Å². The number of halogens is 6. The summed E-state index contributed by atoms with van der Waals surface area (Å²) in [7, 11) is 0. The van der Waals surface area contributed by atoms with Crippen LogP contribution in [0.5, 0.6) is 0 Å². The Morgan fingerprint density at radius 2 is 1.37 bits per heavy atom. The van der Waals surface area contributed by atoms with Gasteiger partial charge in [-0.3, -0.25) is 4.99 Å². The van der Waals surface area contributed by atoms with Gasteiger partial charge in [0.2, 0.25) is 0 Å². The monoisotopic (exact) mass is 490 g/mol. The van der Waals surface area contributed by atoms with Crippen molar-refractivity contribution >= 4 is 28.6 Å². The van der Waals surface area contributed by atoms with Gasteiger partial charge in [-0.05, 0) is 74.9 Å². The molecular weight excluding hydrogens is 470 g/mol. The number of aromatic amines is 2. The number of rotatable bonds is 3. The van der Waals surface area contributed by atoms with Gasteiger partial charge in [-0.25, -0.2) is 4.99 Å². The van der Waals surface area contributed by atoms with Gasteiger partial charge in [0.05, 0.1) is 28.1 Å². The van der Waals surface area contributed by atoms with Gasteiger partial charge in [0.15, 0.2) is 0 Å². The van der Waals surface area contributed by atoms with E-state index in [1.807, 2.05) is 0 Å². The molecule has 0 aromatic carbocycles. The highest BCUT2D eigenvalue weighted by Gasteiger charge is 2.39. The summed E-state index contributed by atoms with van der Waals surface area (Å²) >= 11 is 0. The van der Waals surface area contributed by atoms with E-state index in [-0.39, 0.29) is 22.5 Å². The van der Waals surface area contributed by atoms with Crippen LogP contribution in [-0.2, 0) is 0 Å². The van der Waals surface area contributed by atoms with Crippen molar-refractivity contribution in [3.8, 4) is 0 Å². The first-order chi connectivity index (χ1) is 16.4. The maximum atomic E-state index is 13.9. The van der Waals surface area contributed by atoms with Crippen molar-refractivity contribution in [1.82, 2.24) is 9.97 Å². The lowest BCUT2D eigenvalue weighted by atomic mass is 10.1. The lowest BCUT2D eigenvalue weighted by Gasteiger charge is -2.11. The number of alkyl halides is 6. The van der Waals surface area contributed by atoms with Crippen molar-refractivity contribution in [3.63, 3.8) is 0 Å². The smallest absolute Gasteiger partial charge is 0.355 e.